The first-order valence-corrected chi connectivity index (χ1v) is 7.54. The van der Waals surface area contributed by atoms with Crippen LogP contribution in [0.3, 0.4) is 0 Å². The third kappa shape index (κ3) is 2.21. The molecule has 0 radical (unpaired) electrons. The van der Waals surface area contributed by atoms with Crippen LogP contribution in [0.2, 0.25) is 5.02 Å². The Balaban J connectivity index is 2.21. The zero-order valence-electron chi connectivity index (χ0n) is 12.1. The smallest absolute Gasteiger partial charge is 0.327 e. The van der Waals surface area contributed by atoms with E-state index in [9.17, 15) is 4.79 Å². The van der Waals surface area contributed by atoms with E-state index in [1.807, 2.05) is 36.4 Å². The molecular weight excluding hydrogens is 312 g/mol. The molecule has 0 bridgehead atoms. The number of rotatable bonds is 2. The zero-order valence-corrected chi connectivity index (χ0v) is 12.8. The van der Waals surface area contributed by atoms with Crippen molar-refractivity contribution in [3.05, 3.63) is 63.7 Å². The van der Waals surface area contributed by atoms with E-state index in [1.54, 1.807) is 6.20 Å². The molecular formula is C17H13ClN4O. The fourth-order valence-electron chi connectivity index (χ4n) is 2.84. The summed E-state index contributed by atoms with van der Waals surface area (Å²) in [6.07, 6.45) is 5.55. The molecule has 4 rings (SSSR count). The van der Waals surface area contributed by atoms with Gasteiger partial charge in [-0.3, -0.25) is 0 Å². The van der Waals surface area contributed by atoms with Crippen LogP contribution in [0.25, 0.3) is 33.3 Å². The number of hydrogen-bond donors (Lipinski definition) is 2. The van der Waals surface area contributed by atoms with E-state index in [2.05, 4.69) is 16.3 Å². The molecule has 4 aromatic rings. The quantitative estimate of drug-likeness (QED) is 0.557. The maximum absolute atomic E-state index is 11.9. The number of H-pyrrole nitrogens is 1. The summed E-state index contributed by atoms with van der Waals surface area (Å²) < 4.78 is 1.51. The van der Waals surface area contributed by atoms with Crippen molar-refractivity contribution in [2.75, 3.05) is 6.54 Å². The van der Waals surface area contributed by atoms with E-state index < -0.39 is 0 Å². The van der Waals surface area contributed by atoms with Gasteiger partial charge in [0.15, 0.2) is 5.65 Å². The maximum Gasteiger partial charge on any atom is 0.347 e. The summed E-state index contributed by atoms with van der Waals surface area (Å²) in [5.74, 6) is 0. The van der Waals surface area contributed by atoms with Gasteiger partial charge in [-0.25, -0.2) is 14.3 Å². The Kier molecular flexibility index (Phi) is 3.18. The molecule has 0 spiro atoms. The number of benzene rings is 2. The van der Waals surface area contributed by atoms with Crippen LogP contribution in [0.4, 0.5) is 0 Å². The van der Waals surface area contributed by atoms with E-state index in [0.717, 1.165) is 27.1 Å². The number of fused-ring (bicyclic) bond motifs is 4. The second-order valence-electron chi connectivity index (χ2n) is 5.33. The van der Waals surface area contributed by atoms with Crippen LogP contribution in [-0.2, 0) is 0 Å². The minimum Gasteiger partial charge on any atom is -0.327 e. The molecule has 0 fully saturated rings. The van der Waals surface area contributed by atoms with Gasteiger partial charge in [-0.2, -0.15) is 5.10 Å². The predicted octanol–water partition coefficient (Wildman–Crippen LogP) is 2.95. The largest absolute Gasteiger partial charge is 0.347 e. The number of nitrogens with two attached hydrogens (primary N) is 1. The van der Waals surface area contributed by atoms with Gasteiger partial charge >= 0.3 is 5.69 Å². The van der Waals surface area contributed by atoms with Gasteiger partial charge in [-0.1, -0.05) is 29.8 Å². The third-order valence-electron chi connectivity index (χ3n) is 3.90. The van der Waals surface area contributed by atoms with Crippen LogP contribution in [0.15, 0.2) is 47.4 Å². The normalized spacial score (nSPS) is 12.1. The lowest BCUT2D eigenvalue weighted by Crippen LogP contribution is -2.09. The van der Waals surface area contributed by atoms with E-state index in [1.165, 1.54) is 4.40 Å². The summed E-state index contributed by atoms with van der Waals surface area (Å²) in [6.45, 7) is 0.434. The number of aromatic amines is 1. The van der Waals surface area contributed by atoms with Gasteiger partial charge < -0.3 is 5.73 Å². The SMILES string of the molecule is NC/C=C\c1cn2c(=O)[nH]nc2c2cc3cc(Cl)ccc3cc12. The summed E-state index contributed by atoms with van der Waals surface area (Å²) in [5, 5.41) is 11.3. The summed E-state index contributed by atoms with van der Waals surface area (Å²) in [6, 6.07) is 9.83. The average Bonchev–Trinajstić information content (AvgIpc) is 2.92. The summed E-state index contributed by atoms with van der Waals surface area (Å²) in [7, 11) is 0. The van der Waals surface area contributed by atoms with Crippen molar-refractivity contribution in [1.29, 1.82) is 0 Å². The zero-order chi connectivity index (χ0) is 16.0. The van der Waals surface area contributed by atoms with Crippen LogP contribution in [0, 0.1) is 0 Å². The second-order valence-corrected chi connectivity index (χ2v) is 5.77. The summed E-state index contributed by atoms with van der Waals surface area (Å²) in [4.78, 5) is 11.9. The van der Waals surface area contributed by atoms with E-state index in [4.69, 9.17) is 17.3 Å². The molecule has 0 aliphatic rings. The number of nitrogens with one attached hydrogen (secondary N) is 1. The standard InChI is InChI=1S/C17H13ClN4O/c18-13-4-3-10-7-14-11(2-1-5-19)9-22-16(20-21-17(22)23)15(14)8-12(10)6-13/h1-4,6-9H,5,19H2,(H,21,23)/b2-1-. The Bertz CT molecular complexity index is 1140. The van der Waals surface area contributed by atoms with Crippen molar-refractivity contribution in [3.63, 3.8) is 0 Å². The molecule has 0 aliphatic carbocycles. The van der Waals surface area contributed by atoms with Crippen molar-refractivity contribution in [2.24, 2.45) is 5.73 Å². The van der Waals surface area contributed by atoms with Gasteiger partial charge in [0.25, 0.3) is 0 Å². The Morgan fingerprint density at radius 1 is 1.22 bits per heavy atom. The topological polar surface area (TPSA) is 76.2 Å². The van der Waals surface area contributed by atoms with Gasteiger partial charge in [0, 0.05) is 23.2 Å². The number of nitrogens with zero attached hydrogens (tertiary/aromatic N) is 2. The molecule has 0 unspecified atom stereocenters. The van der Waals surface area contributed by atoms with Crippen molar-refractivity contribution >= 4 is 44.9 Å². The Morgan fingerprint density at radius 2 is 2.04 bits per heavy atom. The van der Waals surface area contributed by atoms with Gasteiger partial charge in [0.1, 0.15) is 0 Å². The molecule has 0 saturated heterocycles. The first-order chi connectivity index (χ1) is 11.2. The van der Waals surface area contributed by atoms with Gasteiger partial charge in [0.2, 0.25) is 0 Å². The predicted molar refractivity (Wildman–Crippen MR) is 93.9 cm³/mol. The Labute approximate surface area is 136 Å². The van der Waals surface area contributed by atoms with Crippen molar-refractivity contribution in [2.45, 2.75) is 0 Å². The van der Waals surface area contributed by atoms with E-state index >= 15 is 0 Å². The third-order valence-corrected chi connectivity index (χ3v) is 4.13. The lowest BCUT2D eigenvalue weighted by atomic mass is 10.0. The highest BCUT2D eigenvalue weighted by molar-refractivity contribution is 6.31. The minimum absolute atomic E-state index is 0.268. The van der Waals surface area contributed by atoms with Crippen molar-refractivity contribution in [3.8, 4) is 0 Å². The molecule has 0 amide bonds. The molecule has 0 saturated carbocycles. The highest BCUT2D eigenvalue weighted by atomic mass is 35.5. The van der Waals surface area contributed by atoms with Crippen LogP contribution >= 0.6 is 11.6 Å². The molecule has 0 aliphatic heterocycles. The molecule has 2 aromatic heterocycles. The molecule has 0 atom stereocenters. The number of aromatic nitrogens is 3. The van der Waals surface area contributed by atoms with Gasteiger partial charge in [0.05, 0.1) is 0 Å². The molecule has 5 nitrogen and oxygen atoms in total. The minimum atomic E-state index is -0.268. The van der Waals surface area contributed by atoms with Crippen LogP contribution in [0.5, 0.6) is 0 Å². The number of hydrogen-bond acceptors (Lipinski definition) is 3. The highest BCUT2D eigenvalue weighted by Crippen LogP contribution is 2.29. The van der Waals surface area contributed by atoms with E-state index in [-0.39, 0.29) is 5.69 Å². The van der Waals surface area contributed by atoms with E-state index in [0.29, 0.717) is 17.2 Å². The molecule has 3 N–H and O–H groups in total. The first kappa shape index (κ1) is 14.0. The monoisotopic (exact) mass is 324 g/mol. The second kappa shape index (κ2) is 5.22. The molecule has 6 heteroatoms. The molecule has 23 heavy (non-hydrogen) atoms. The average molecular weight is 325 g/mol. The fraction of sp³-hybridized carbons (Fsp3) is 0.0588. The maximum atomic E-state index is 11.9. The fourth-order valence-corrected chi connectivity index (χ4v) is 3.02. The molecule has 2 aromatic carbocycles. The lowest BCUT2D eigenvalue weighted by Gasteiger charge is -2.07. The summed E-state index contributed by atoms with van der Waals surface area (Å²) in [5.41, 5.74) is 6.80. The lowest BCUT2D eigenvalue weighted by molar-refractivity contribution is 1.02. The van der Waals surface area contributed by atoms with Crippen LogP contribution < -0.4 is 11.4 Å². The van der Waals surface area contributed by atoms with Gasteiger partial charge in [-0.15, -0.1) is 0 Å². The highest BCUT2D eigenvalue weighted by Gasteiger charge is 2.10. The van der Waals surface area contributed by atoms with Crippen LogP contribution in [-0.4, -0.2) is 21.1 Å². The Morgan fingerprint density at radius 3 is 2.87 bits per heavy atom. The first-order valence-electron chi connectivity index (χ1n) is 7.17. The number of halogens is 1. The van der Waals surface area contributed by atoms with Crippen LogP contribution in [0.1, 0.15) is 5.56 Å². The molecule has 2 heterocycles. The Hall–Kier alpha value is -2.63. The van der Waals surface area contributed by atoms with Gasteiger partial charge in [-0.05, 0) is 46.0 Å². The molecule has 114 valence electrons. The number of pyridine rings is 1. The summed E-state index contributed by atoms with van der Waals surface area (Å²) >= 11 is 6.09. The van der Waals surface area contributed by atoms with Crippen molar-refractivity contribution < 1.29 is 0 Å². The van der Waals surface area contributed by atoms with Crippen molar-refractivity contribution in [1.82, 2.24) is 14.6 Å².